The lowest BCUT2D eigenvalue weighted by Gasteiger charge is -2.19. The first kappa shape index (κ1) is 15.7. The third-order valence-corrected chi connectivity index (χ3v) is 3.81. The second-order valence-electron chi connectivity index (χ2n) is 5.26. The number of nitrogens with one attached hydrogen (secondary N) is 2. The van der Waals surface area contributed by atoms with Crippen LogP contribution < -0.4 is 10.6 Å². The van der Waals surface area contributed by atoms with Crippen LogP contribution in [0.2, 0.25) is 0 Å². The minimum Gasteiger partial charge on any atom is -0.382 e. The molecule has 18 heavy (non-hydrogen) atoms. The smallest absolute Gasteiger partial charge is 0.166 e. The van der Waals surface area contributed by atoms with Gasteiger partial charge in [0.15, 0.2) is 5.11 Å². The summed E-state index contributed by atoms with van der Waals surface area (Å²) in [7, 11) is 0. The Labute approximate surface area is 117 Å². The SMILES string of the molecule is CCOCCCNC(=S)NC1CCCC(C)CC1. The maximum absolute atomic E-state index is 5.32. The van der Waals surface area contributed by atoms with Crippen molar-refractivity contribution in [3.05, 3.63) is 0 Å². The van der Waals surface area contributed by atoms with E-state index in [-0.39, 0.29) is 0 Å². The molecule has 0 heterocycles. The van der Waals surface area contributed by atoms with Gasteiger partial charge in [-0.25, -0.2) is 0 Å². The highest BCUT2D eigenvalue weighted by Gasteiger charge is 2.16. The maximum Gasteiger partial charge on any atom is 0.166 e. The third-order valence-electron chi connectivity index (χ3n) is 3.55. The molecule has 3 nitrogen and oxygen atoms in total. The first-order chi connectivity index (χ1) is 8.72. The van der Waals surface area contributed by atoms with Gasteiger partial charge in [0.05, 0.1) is 0 Å². The van der Waals surface area contributed by atoms with E-state index in [0.29, 0.717) is 6.04 Å². The molecule has 0 saturated heterocycles. The molecule has 0 amide bonds. The fourth-order valence-electron chi connectivity index (χ4n) is 2.39. The number of thiocarbonyl (C=S) groups is 1. The van der Waals surface area contributed by atoms with Crippen molar-refractivity contribution >= 4 is 17.3 Å². The second kappa shape index (κ2) is 9.56. The molecule has 1 aliphatic rings. The normalized spacial score (nSPS) is 24.3. The molecule has 0 radical (unpaired) electrons. The lowest BCUT2D eigenvalue weighted by molar-refractivity contribution is 0.145. The van der Waals surface area contributed by atoms with Crippen molar-refractivity contribution in [1.82, 2.24) is 10.6 Å². The van der Waals surface area contributed by atoms with Gasteiger partial charge in [0.25, 0.3) is 0 Å². The predicted molar refractivity (Wildman–Crippen MR) is 80.9 cm³/mol. The van der Waals surface area contributed by atoms with E-state index in [0.717, 1.165) is 37.2 Å². The summed E-state index contributed by atoms with van der Waals surface area (Å²) < 4.78 is 5.29. The van der Waals surface area contributed by atoms with Crippen LogP contribution in [0.15, 0.2) is 0 Å². The molecule has 2 N–H and O–H groups in total. The van der Waals surface area contributed by atoms with Crippen LogP contribution in [0.5, 0.6) is 0 Å². The molecule has 0 aromatic carbocycles. The summed E-state index contributed by atoms with van der Waals surface area (Å²) in [6, 6.07) is 0.571. The Morgan fingerprint density at radius 1 is 1.28 bits per heavy atom. The van der Waals surface area contributed by atoms with Gasteiger partial charge < -0.3 is 15.4 Å². The Balaban J connectivity index is 2.07. The van der Waals surface area contributed by atoms with Crippen LogP contribution >= 0.6 is 12.2 Å². The molecule has 106 valence electrons. The van der Waals surface area contributed by atoms with E-state index in [4.69, 9.17) is 17.0 Å². The first-order valence-corrected chi connectivity index (χ1v) is 7.75. The van der Waals surface area contributed by atoms with Crippen LogP contribution in [-0.2, 0) is 4.74 Å². The minimum absolute atomic E-state index is 0.571. The van der Waals surface area contributed by atoms with Gasteiger partial charge in [-0.15, -0.1) is 0 Å². The minimum atomic E-state index is 0.571. The summed E-state index contributed by atoms with van der Waals surface area (Å²) in [5, 5.41) is 7.52. The van der Waals surface area contributed by atoms with Gasteiger partial charge in [-0.1, -0.05) is 19.8 Å². The largest absolute Gasteiger partial charge is 0.382 e. The maximum atomic E-state index is 5.32. The first-order valence-electron chi connectivity index (χ1n) is 7.34. The van der Waals surface area contributed by atoms with Gasteiger partial charge in [-0.3, -0.25) is 0 Å². The van der Waals surface area contributed by atoms with Crippen LogP contribution in [0.1, 0.15) is 52.4 Å². The molecular weight excluding hydrogens is 244 g/mol. The van der Waals surface area contributed by atoms with Crippen molar-refractivity contribution in [1.29, 1.82) is 0 Å². The number of ether oxygens (including phenoxy) is 1. The lowest BCUT2D eigenvalue weighted by atomic mass is 10.0. The van der Waals surface area contributed by atoms with Crippen molar-refractivity contribution in [3.63, 3.8) is 0 Å². The average molecular weight is 272 g/mol. The van der Waals surface area contributed by atoms with Crippen LogP contribution in [0.25, 0.3) is 0 Å². The van der Waals surface area contributed by atoms with Crippen molar-refractivity contribution < 1.29 is 4.74 Å². The second-order valence-corrected chi connectivity index (χ2v) is 5.67. The zero-order chi connectivity index (χ0) is 13.2. The van der Waals surface area contributed by atoms with Gasteiger partial charge in [-0.05, 0) is 50.7 Å². The van der Waals surface area contributed by atoms with E-state index in [9.17, 15) is 0 Å². The van der Waals surface area contributed by atoms with Crippen molar-refractivity contribution in [2.75, 3.05) is 19.8 Å². The molecule has 1 saturated carbocycles. The molecular formula is C14H28N2OS. The molecule has 0 aliphatic heterocycles. The molecule has 0 spiro atoms. The molecule has 0 bridgehead atoms. The van der Waals surface area contributed by atoms with Gasteiger partial charge in [0.1, 0.15) is 0 Å². The van der Waals surface area contributed by atoms with Gasteiger partial charge in [0.2, 0.25) is 0 Å². The predicted octanol–water partition coefficient (Wildman–Crippen LogP) is 2.85. The van der Waals surface area contributed by atoms with Crippen LogP contribution in [0.4, 0.5) is 0 Å². The summed E-state index contributed by atoms with van der Waals surface area (Å²) in [5.74, 6) is 0.879. The topological polar surface area (TPSA) is 33.3 Å². The van der Waals surface area contributed by atoms with E-state index in [1.54, 1.807) is 0 Å². The molecule has 0 aromatic heterocycles. The van der Waals surface area contributed by atoms with E-state index in [1.807, 2.05) is 6.92 Å². The summed E-state index contributed by atoms with van der Waals surface area (Å²) >= 11 is 5.32. The summed E-state index contributed by atoms with van der Waals surface area (Å²) in [6.07, 6.45) is 7.54. The van der Waals surface area contributed by atoms with Crippen molar-refractivity contribution in [2.24, 2.45) is 5.92 Å². The highest BCUT2D eigenvalue weighted by molar-refractivity contribution is 7.80. The summed E-state index contributed by atoms with van der Waals surface area (Å²) in [5.41, 5.74) is 0. The van der Waals surface area contributed by atoms with Gasteiger partial charge in [0, 0.05) is 25.8 Å². The number of rotatable bonds is 6. The van der Waals surface area contributed by atoms with Crippen molar-refractivity contribution in [2.45, 2.75) is 58.4 Å². The molecule has 0 aromatic rings. The lowest BCUT2D eigenvalue weighted by Crippen LogP contribution is -2.42. The monoisotopic (exact) mass is 272 g/mol. The molecule has 1 fully saturated rings. The van der Waals surface area contributed by atoms with Crippen LogP contribution in [-0.4, -0.2) is 30.9 Å². The van der Waals surface area contributed by atoms with E-state index in [2.05, 4.69) is 17.6 Å². The quantitative estimate of drug-likeness (QED) is 0.442. The van der Waals surface area contributed by atoms with E-state index < -0.39 is 0 Å². The average Bonchev–Trinajstić information content (AvgIpc) is 2.54. The Kier molecular flexibility index (Phi) is 8.34. The Morgan fingerprint density at radius 3 is 2.89 bits per heavy atom. The van der Waals surface area contributed by atoms with Gasteiger partial charge >= 0.3 is 0 Å². The van der Waals surface area contributed by atoms with Crippen LogP contribution in [0.3, 0.4) is 0 Å². The standard InChI is InChI=1S/C14H28N2OS/c1-3-17-11-5-10-15-14(18)16-13-7-4-6-12(2)8-9-13/h12-13H,3-11H2,1-2H3,(H2,15,16,18). The summed E-state index contributed by atoms with van der Waals surface area (Å²) in [4.78, 5) is 0. The molecule has 2 unspecified atom stereocenters. The zero-order valence-electron chi connectivity index (χ0n) is 11.8. The zero-order valence-corrected chi connectivity index (χ0v) is 12.7. The highest BCUT2D eigenvalue weighted by atomic mass is 32.1. The molecule has 1 aliphatic carbocycles. The fourth-order valence-corrected chi connectivity index (χ4v) is 2.66. The van der Waals surface area contributed by atoms with Crippen molar-refractivity contribution in [3.8, 4) is 0 Å². The van der Waals surface area contributed by atoms with E-state index in [1.165, 1.54) is 32.1 Å². The Morgan fingerprint density at radius 2 is 2.11 bits per heavy atom. The Bertz CT molecular complexity index is 236. The fraction of sp³-hybridized carbons (Fsp3) is 0.929. The molecule has 2 atom stereocenters. The van der Waals surface area contributed by atoms with E-state index >= 15 is 0 Å². The van der Waals surface area contributed by atoms with Gasteiger partial charge in [-0.2, -0.15) is 0 Å². The highest BCUT2D eigenvalue weighted by Crippen LogP contribution is 2.22. The Hall–Kier alpha value is -0.350. The molecule has 1 rings (SSSR count). The number of hydrogen-bond acceptors (Lipinski definition) is 2. The third kappa shape index (κ3) is 7.17. The summed E-state index contributed by atoms with van der Waals surface area (Å²) in [6.45, 7) is 6.88. The molecule has 4 heteroatoms. The number of hydrogen-bond donors (Lipinski definition) is 2. The van der Waals surface area contributed by atoms with Crippen LogP contribution in [0, 0.1) is 5.92 Å².